The molecule has 1 heterocycles. The van der Waals surface area contributed by atoms with E-state index in [2.05, 4.69) is 15.9 Å². The fourth-order valence-corrected chi connectivity index (χ4v) is 2.86. The summed E-state index contributed by atoms with van der Waals surface area (Å²) >= 11 is 2.97. The number of hydrogen-bond acceptors (Lipinski definition) is 2. The van der Waals surface area contributed by atoms with Gasteiger partial charge in [-0.25, -0.2) is 8.78 Å². The van der Waals surface area contributed by atoms with Gasteiger partial charge in [0.15, 0.2) is 0 Å². The number of halogens is 3. The van der Waals surface area contributed by atoms with E-state index in [-0.39, 0.29) is 10.4 Å². The summed E-state index contributed by atoms with van der Waals surface area (Å²) in [4.78, 5) is 27.1. The average Bonchev–Trinajstić information content (AvgIpc) is 2.85. The molecule has 0 spiro atoms. The molecule has 1 fully saturated rings. The summed E-state index contributed by atoms with van der Waals surface area (Å²) in [6.45, 7) is 0.317. The van der Waals surface area contributed by atoms with Crippen molar-refractivity contribution in [2.45, 2.75) is 18.9 Å². The lowest BCUT2D eigenvalue weighted by atomic mass is 10.1. The molecule has 114 valence electrons. The predicted octanol–water partition coefficient (Wildman–Crippen LogP) is 2.42. The molecule has 1 atom stereocenters. The van der Waals surface area contributed by atoms with E-state index in [1.165, 1.54) is 9.80 Å². The Kier molecular flexibility index (Phi) is 4.61. The Morgan fingerprint density at radius 2 is 1.86 bits per heavy atom. The molecule has 2 rings (SSSR count). The summed E-state index contributed by atoms with van der Waals surface area (Å²) in [5, 5.41) is 0. The molecule has 0 aliphatic carbocycles. The predicted molar refractivity (Wildman–Crippen MR) is 76.8 cm³/mol. The topological polar surface area (TPSA) is 40.6 Å². The molecular weight excluding hydrogens is 346 g/mol. The fourth-order valence-electron chi connectivity index (χ4n) is 2.45. The number of amides is 2. The molecule has 1 unspecified atom stereocenters. The van der Waals surface area contributed by atoms with Gasteiger partial charge in [0.2, 0.25) is 5.91 Å². The van der Waals surface area contributed by atoms with Gasteiger partial charge in [0, 0.05) is 25.1 Å². The minimum atomic E-state index is -0.935. The van der Waals surface area contributed by atoms with Crippen molar-refractivity contribution in [3.8, 4) is 0 Å². The maximum absolute atomic E-state index is 13.9. The molecule has 2 amide bonds. The Balaban J connectivity index is 2.34. The van der Waals surface area contributed by atoms with Crippen LogP contribution in [0.4, 0.5) is 8.78 Å². The third kappa shape index (κ3) is 3.07. The molecular formula is C14H15BrF2N2O2. The van der Waals surface area contributed by atoms with Crippen LogP contribution < -0.4 is 0 Å². The third-order valence-electron chi connectivity index (χ3n) is 3.46. The second-order valence-corrected chi connectivity index (χ2v) is 6.05. The van der Waals surface area contributed by atoms with Crippen molar-refractivity contribution in [1.82, 2.24) is 9.80 Å². The first-order valence-electron chi connectivity index (χ1n) is 6.49. The summed E-state index contributed by atoms with van der Waals surface area (Å²) in [5.74, 6) is -2.89. The van der Waals surface area contributed by atoms with E-state index in [9.17, 15) is 18.4 Å². The first-order valence-corrected chi connectivity index (χ1v) is 7.29. The second kappa shape index (κ2) is 6.09. The Morgan fingerprint density at radius 3 is 2.38 bits per heavy atom. The highest BCUT2D eigenvalue weighted by Crippen LogP contribution is 2.25. The van der Waals surface area contributed by atoms with Gasteiger partial charge in [-0.3, -0.25) is 9.59 Å². The Bertz CT molecular complexity index is 569. The molecule has 0 bridgehead atoms. The van der Waals surface area contributed by atoms with Gasteiger partial charge in [-0.1, -0.05) is 15.9 Å². The SMILES string of the molecule is CN(C)C(=O)C1CCCN1C(=O)c1c(F)cc(Br)cc1F. The highest BCUT2D eigenvalue weighted by Gasteiger charge is 2.37. The highest BCUT2D eigenvalue weighted by molar-refractivity contribution is 9.10. The number of hydrogen-bond donors (Lipinski definition) is 0. The van der Waals surface area contributed by atoms with Gasteiger partial charge >= 0.3 is 0 Å². The van der Waals surface area contributed by atoms with Gasteiger partial charge in [0.1, 0.15) is 23.2 Å². The monoisotopic (exact) mass is 360 g/mol. The Hall–Kier alpha value is -1.50. The zero-order valence-electron chi connectivity index (χ0n) is 11.7. The van der Waals surface area contributed by atoms with Gasteiger partial charge in [-0.05, 0) is 25.0 Å². The summed E-state index contributed by atoms with van der Waals surface area (Å²) in [7, 11) is 3.17. The second-order valence-electron chi connectivity index (χ2n) is 5.13. The van der Waals surface area contributed by atoms with Crippen LogP contribution in [0.1, 0.15) is 23.2 Å². The van der Waals surface area contributed by atoms with E-state index < -0.39 is 29.1 Å². The van der Waals surface area contributed by atoms with Crippen LogP contribution in [0.15, 0.2) is 16.6 Å². The van der Waals surface area contributed by atoms with Crippen molar-refractivity contribution in [3.05, 3.63) is 33.8 Å². The highest BCUT2D eigenvalue weighted by atomic mass is 79.9. The number of benzene rings is 1. The van der Waals surface area contributed by atoms with Crippen molar-refractivity contribution in [1.29, 1.82) is 0 Å². The minimum absolute atomic E-state index is 0.219. The van der Waals surface area contributed by atoms with Gasteiger partial charge in [0.05, 0.1) is 0 Å². The van der Waals surface area contributed by atoms with Gasteiger partial charge < -0.3 is 9.80 Å². The summed E-state index contributed by atoms with van der Waals surface area (Å²) in [6.07, 6.45) is 1.14. The summed E-state index contributed by atoms with van der Waals surface area (Å²) in [6, 6.07) is 1.42. The zero-order valence-corrected chi connectivity index (χ0v) is 13.3. The molecule has 21 heavy (non-hydrogen) atoms. The molecule has 0 saturated carbocycles. The van der Waals surface area contributed by atoms with Crippen molar-refractivity contribution >= 4 is 27.7 Å². The van der Waals surface area contributed by atoms with Crippen molar-refractivity contribution in [2.24, 2.45) is 0 Å². The molecule has 0 radical (unpaired) electrons. The molecule has 0 N–H and O–H groups in total. The lowest BCUT2D eigenvalue weighted by Crippen LogP contribution is -2.45. The summed E-state index contributed by atoms with van der Waals surface area (Å²) < 4.78 is 28.0. The van der Waals surface area contributed by atoms with E-state index in [0.29, 0.717) is 19.4 Å². The molecule has 4 nitrogen and oxygen atoms in total. The largest absolute Gasteiger partial charge is 0.347 e. The molecule has 1 aliphatic heterocycles. The standard InChI is InChI=1S/C14H15BrF2N2O2/c1-18(2)13(20)11-4-3-5-19(11)14(21)12-9(16)6-8(15)7-10(12)17/h6-7,11H,3-5H2,1-2H3. The Labute approximate surface area is 129 Å². The smallest absolute Gasteiger partial charge is 0.260 e. The van der Waals surface area contributed by atoms with Crippen molar-refractivity contribution in [2.75, 3.05) is 20.6 Å². The molecule has 1 aromatic carbocycles. The van der Waals surface area contributed by atoms with E-state index >= 15 is 0 Å². The van der Waals surface area contributed by atoms with E-state index in [1.54, 1.807) is 14.1 Å². The average molecular weight is 361 g/mol. The lowest BCUT2D eigenvalue weighted by molar-refractivity contribution is -0.132. The first-order chi connectivity index (χ1) is 9.82. The quantitative estimate of drug-likeness (QED) is 0.812. The van der Waals surface area contributed by atoms with Gasteiger partial charge in [-0.15, -0.1) is 0 Å². The lowest BCUT2D eigenvalue weighted by Gasteiger charge is -2.26. The third-order valence-corrected chi connectivity index (χ3v) is 3.92. The number of rotatable bonds is 2. The number of carbonyl (C=O) groups excluding carboxylic acids is 2. The molecule has 1 aromatic rings. The molecule has 0 aromatic heterocycles. The maximum Gasteiger partial charge on any atom is 0.260 e. The van der Waals surface area contributed by atoms with Gasteiger partial charge in [0.25, 0.3) is 5.91 Å². The van der Waals surface area contributed by atoms with Crippen LogP contribution in [0.5, 0.6) is 0 Å². The first kappa shape index (κ1) is 15.9. The van der Waals surface area contributed by atoms with Crippen molar-refractivity contribution < 1.29 is 18.4 Å². The van der Waals surface area contributed by atoms with Crippen LogP contribution >= 0.6 is 15.9 Å². The number of likely N-dealkylation sites (tertiary alicyclic amines) is 1. The molecule has 7 heteroatoms. The van der Waals surface area contributed by atoms with Crippen LogP contribution in [0.2, 0.25) is 0 Å². The number of nitrogens with zero attached hydrogens (tertiary/aromatic N) is 2. The normalized spacial score (nSPS) is 18.0. The zero-order chi connectivity index (χ0) is 15.7. The molecule has 1 aliphatic rings. The van der Waals surface area contributed by atoms with Crippen LogP contribution in [0.3, 0.4) is 0 Å². The molecule has 1 saturated heterocycles. The Morgan fingerprint density at radius 1 is 1.29 bits per heavy atom. The van der Waals surface area contributed by atoms with Crippen LogP contribution in [0.25, 0.3) is 0 Å². The van der Waals surface area contributed by atoms with Gasteiger partial charge in [-0.2, -0.15) is 0 Å². The number of carbonyl (C=O) groups is 2. The van der Waals surface area contributed by atoms with Crippen LogP contribution in [0, 0.1) is 11.6 Å². The maximum atomic E-state index is 13.9. The van der Waals surface area contributed by atoms with Crippen LogP contribution in [-0.4, -0.2) is 48.3 Å². The minimum Gasteiger partial charge on any atom is -0.347 e. The van der Waals surface area contributed by atoms with Crippen molar-refractivity contribution in [3.63, 3.8) is 0 Å². The van der Waals surface area contributed by atoms with E-state index in [0.717, 1.165) is 12.1 Å². The van der Waals surface area contributed by atoms with E-state index in [4.69, 9.17) is 0 Å². The van der Waals surface area contributed by atoms with E-state index in [1.807, 2.05) is 0 Å². The fraction of sp³-hybridized carbons (Fsp3) is 0.429. The summed E-state index contributed by atoms with van der Waals surface area (Å²) in [5.41, 5.74) is -0.614. The number of likely N-dealkylation sites (N-methyl/N-ethyl adjacent to an activating group) is 1. The van der Waals surface area contributed by atoms with Crippen LogP contribution in [-0.2, 0) is 4.79 Å².